The van der Waals surface area contributed by atoms with Gasteiger partial charge in [-0.15, -0.1) is 0 Å². The van der Waals surface area contributed by atoms with E-state index in [1.807, 2.05) is 12.1 Å². The van der Waals surface area contributed by atoms with E-state index in [9.17, 15) is 14.7 Å². The molecular weight excluding hydrogens is 294 g/mol. The lowest BCUT2D eigenvalue weighted by Gasteiger charge is -2.33. The zero-order chi connectivity index (χ0) is 16.3. The average molecular weight is 315 g/mol. The standard InChI is InChI=1S/C18H21NO4/c20-16(15-6-5-13-3-1-2-4-14(13)11-15)19-12-18(17(21)22)7-9-23-10-8-18/h1,3,5-6,11H,2,4,7-10,12H2,(H,19,20)(H,21,22). The molecule has 1 aromatic rings. The molecule has 0 spiro atoms. The van der Waals surface area contributed by atoms with Crippen molar-refractivity contribution in [2.24, 2.45) is 5.41 Å². The third kappa shape index (κ3) is 3.29. The Hall–Kier alpha value is -2.14. The number of nitrogens with one attached hydrogen (secondary N) is 1. The van der Waals surface area contributed by atoms with Gasteiger partial charge >= 0.3 is 5.97 Å². The molecular formula is C18H21NO4. The number of allylic oxidation sites excluding steroid dienone is 1. The first-order valence-corrected chi connectivity index (χ1v) is 8.00. The summed E-state index contributed by atoms with van der Waals surface area (Å²) in [7, 11) is 0. The number of aliphatic carboxylic acids is 1. The second kappa shape index (κ2) is 6.54. The van der Waals surface area contributed by atoms with Gasteiger partial charge in [-0.25, -0.2) is 0 Å². The van der Waals surface area contributed by atoms with Gasteiger partial charge in [0.2, 0.25) is 0 Å². The normalized spacial score (nSPS) is 19.0. The molecule has 1 aliphatic heterocycles. The van der Waals surface area contributed by atoms with E-state index in [4.69, 9.17) is 4.74 Å². The maximum absolute atomic E-state index is 12.4. The van der Waals surface area contributed by atoms with Crippen molar-refractivity contribution < 1.29 is 19.4 Å². The van der Waals surface area contributed by atoms with E-state index in [1.165, 1.54) is 5.56 Å². The molecule has 2 aliphatic rings. The number of fused-ring (bicyclic) bond motifs is 1. The monoisotopic (exact) mass is 315 g/mol. The van der Waals surface area contributed by atoms with Crippen molar-refractivity contribution in [2.45, 2.75) is 25.7 Å². The van der Waals surface area contributed by atoms with Gasteiger partial charge in [-0.3, -0.25) is 9.59 Å². The molecule has 0 atom stereocenters. The number of carboxylic acids is 1. The van der Waals surface area contributed by atoms with E-state index in [0.717, 1.165) is 18.4 Å². The molecule has 5 nitrogen and oxygen atoms in total. The van der Waals surface area contributed by atoms with Crippen LogP contribution in [0.15, 0.2) is 24.3 Å². The quantitative estimate of drug-likeness (QED) is 0.893. The topological polar surface area (TPSA) is 75.6 Å². The van der Waals surface area contributed by atoms with Gasteiger partial charge in [0.1, 0.15) is 0 Å². The van der Waals surface area contributed by atoms with Crippen LogP contribution >= 0.6 is 0 Å². The molecule has 5 heteroatoms. The highest BCUT2D eigenvalue weighted by Gasteiger charge is 2.40. The summed E-state index contributed by atoms with van der Waals surface area (Å²) in [5.74, 6) is -1.08. The van der Waals surface area contributed by atoms with E-state index in [2.05, 4.69) is 17.5 Å². The third-order valence-corrected chi connectivity index (χ3v) is 4.77. The highest BCUT2D eigenvalue weighted by Crippen LogP contribution is 2.30. The van der Waals surface area contributed by atoms with Crippen molar-refractivity contribution in [1.29, 1.82) is 0 Å². The molecule has 3 rings (SSSR count). The van der Waals surface area contributed by atoms with Crippen molar-refractivity contribution in [3.63, 3.8) is 0 Å². The van der Waals surface area contributed by atoms with Crippen molar-refractivity contribution in [1.82, 2.24) is 5.32 Å². The number of aryl methyl sites for hydroxylation is 1. The highest BCUT2D eigenvalue weighted by atomic mass is 16.5. The number of carboxylic acid groups (broad SMARTS) is 1. The van der Waals surface area contributed by atoms with E-state index in [-0.39, 0.29) is 12.5 Å². The molecule has 1 aliphatic carbocycles. The maximum Gasteiger partial charge on any atom is 0.311 e. The SMILES string of the molecule is O=C(NCC1(C(=O)O)CCOCC1)c1ccc2c(c1)CCC=C2. The number of benzene rings is 1. The molecule has 1 aromatic carbocycles. The van der Waals surface area contributed by atoms with Crippen LogP contribution in [0, 0.1) is 5.41 Å². The fourth-order valence-electron chi connectivity index (χ4n) is 3.16. The van der Waals surface area contributed by atoms with Crippen LogP contribution < -0.4 is 5.32 Å². The lowest BCUT2D eigenvalue weighted by Crippen LogP contribution is -2.46. The second-order valence-electron chi connectivity index (χ2n) is 6.24. The predicted octanol–water partition coefficient (Wildman–Crippen LogP) is 2.26. The van der Waals surface area contributed by atoms with Crippen LogP contribution in [0.1, 0.15) is 40.7 Å². The summed E-state index contributed by atoms with van der Waals surface area (Å²) >= 11 is 0. The summed E-state index contributed by atoms with van der Waals surface area (Å²) in [4.78, 5) is 24.0. The summed E-state index contributed by atoms with van der Waals surface area (Å²) < 4.78 is 5.25. The smallest absolute Gasteiger partial charge is 0.311 e. The van der Waals surface area contributed by atoms with Crippen LogP contribution in [-0.2, 0) is 16.0 Å². The summed E-state index contributed by atoms with van der Waals surface area (Å²) in [5.41, 5.74) is 2.00. The number of carbonyl (C=O) groups is 2. The van der Waals surface area contributed by atoms with Crippen LogP contribution in [0.25, 0.3) is 6.08 Å². The maximum atomic E-state index is 12.4. The first kappa shape index (κ1) is 15.7. The van der Waals surface area contributed by atoms with Crippen molar-refractivity contribution in [3.8, 4) is 0 Å². The van der Waals surface area contributed by atoms with E-state index >= 15 is 0 Å². The lowest BCUT2D eigenvalue weighted by molar-refractivity contribution is -0.154. The molecule has 0 unspecified atom stereocenters. The van der Waals surface area contributed by atoms with Gasteiger partial charge in [-0.05, 0) is 48.9 Å². The molecule has 1 heterocycles. The minimum Gasteiger partial charge on any atom is -0.481 e. The van der Waals surface area contributed by atoms with Crippen LogP contribution in [0.4, 0.5) is 0 Å². The summed E-state index contributed by atoms with van der Waals surface area (Å²) in [6.07, 6.45) is 6.98. The van der Waals surface area contributed by atoms with Gasteiger partial charge in [0.25, 0.3) is 5.91 Å². The zero-order valence-corrected chi connectivity index (χ0v) is 13.0. The van der Waals surface area contributed by atoms with Crippen LogP contribution in [0.5, 0.6) is 0 Å². The Labute approximate surface area is 135 Å². The second-order valence-corrected chi connectivity index (χ2v) is 6.24. The van der Waals surface area contributed by atoms with Gasteiger partial charge in [0, 0.05) is 25.3 Å². The molecule has 2 N–H and O–H groups in total. The lowest BCUT2D eigenvalue weighted by atomic mass is 9.80. The first-order chi connectivity index (χ1) is 11.1. The van der Waals surface area contributed by atoms with Gasteiger partial charge in [0.15, 0.2) is 0 Å². The summed E-state index contributed by atoms with van der Waals surface area (Å²) in [5, 5.41) is 12.3. The fraction of sp³-hybridized carbons (Fsp3) is 0.444. The van der Waals surface area contributed by atoms with E-state index in [1.54, 1.807) is 6.07 Å². The van der Waals surface area contributed by atoms with Gasteiger partial charge < -0.3 is 15.2 Å². The van der Waals surface area contributed by atoms with Gasteiger partial charge in [0.05, 0.1) is 5.41 Å². The van der Waals surface area contributed by atoms with Crippen molar-refractivity contribution >= 4 is 18.0 Å². The largest absolute Gasteiger partial charge is 0.481 e. The van der Waals surface area contributed by atoms with Crippen LogP contribution in [0.3, 0.4) is 0 Å². The van der Waals surface area contributed by atoms with E-state index < -0.39 is 11.4 Å². The van der Waals surface area contributed by atoms with Gasteiger partial charge in [-0.2, -0.15) is 0 Å². The molecule has 0 radical (unpaired) electrons. The first-order valence-electron chi connectivity index (χ1n) is 8.00. The minimum atomic E-state index is -0.912. The predicted molar refractivity (Wildman–Crippen MR) is 86.3 cm³/mol. The minimum absolute atomic E-state index is 0.140. The number of rotatable bonds is 4. The number of hydrogen-bond acceptors (Lipinski definition) is 3. The Balaban J connectivity index is 1.69. The zero-order valence-electron chi connectivity index (χ0n) is 13.0. The molecule has 23 heavy (non-hydrogen) atoms. The molecule has 0 aromatic heterocycles. The molecule has 0 bridgehead atoms. The summed E-state index contributed by atoms with van der Waals surface area (Å²) in [6, 6.07) is 5.65. The number of ether oxygens (including phenoxy) is 1. The molecule has 1 saturated heterocycles. The Morgan fingerprint density at radius 1 is 1.26 bits per heavy atom. The highest BCUT2D eigenvalue weighted by molar-refractivity contribution is 5.95. The van der Waals surface area contributed by atoms with Crippen molar-refractivity contribution in [3.05, 3.63) is 41.0 Å². The Morgan fingerprint density at radius 3 is 2.78 bits per heavy atom. The van der Waals surface area contributed by atoms with Crippen LogP contribution in [-0.4, -0.2) is 36.7 Å². The number of carbonyl (C=O) groups excluding carboxylic acids is 1. The summed E-state index contributed by atoms with van der Waals surface area (Å²) in [6.45, 7) is 0.988. The Morgan fingerprint density at radius 2 is 2.04 bits per heavy atom. The van der Waals surface area contributed by atoms with Gasteiger partial charge in [-0.1, -0.05) is 18.2 Å². The third-order valence-electron chi connectivity index (χ3n) is 4.77. The molecule has 0 saturated carbocycles. The molecule has 122 valence electrons. The molecule has 1 fully saturated rings. The van der Waals surface area contributed by atoms with Crippen molar-refractivity contribution in [2.75, 3.05) is 19.8 Å². The average Bonchev–Trinajstić information content (AvgIpc) is 2.60. The van der Waals surface area contributed by atoms with Crippen LogP contribution in [0.2, 0.25) is 0 Å². The fourth-order valence-corrected chi connectivity index (χ4v) is 3.16. The Bertz CT molecular complexity index is 644. The Kier molecular flexibility index (Phi) is 4.48. The number of amides is 1. The molecule has 1 amide bonds. The number of hydrogen-bond donors (Lipinski definition) is 2. The van der Waals surface area contributed by atoms with E-state index in [0.29, 0.717) is 31.6 Å².